The Kier molecular flexibility index (Phi) is 3.57. The molecule has 0 N–H and O–H groups in total. The van der Waals surface area contributed by atoms with E-state index in [-0.39, 0.29) is 11.3 Å². The van der Waals surface area contributed by atoms with Gasteiger partial charge in [-0.15, -0.1) is 6.58 Å². The smallest absolute Gasteiger partial charge is 0.230 e. The van der Waals surface area contributed by atoms with Crippen LogP contribution in [-0.2, 0) is 9.59 Å². The van der Waals surface area contributed by atoms with E-state index in [1.807, 2.05) is 4.90 Å². The van der Waals surface area contributed by atoms with Crippen molar-refractivity contribution >= 4 is 11.8 Å². The second kappa shape index (κ2) is 5.23. The van der Waals surface area contributed by atoms with Gasteiger partial charge in [0.2, 0.25) is 11.8 Å². The highest BCUT2D eigenvalue weighted by Gasteiger charge is 2.49. The fourth-order valence-corrected chi connectivity index (χ4v) is 3.65. The van der Waals surface area contributed by atoms with Crippen LogP contribution in [0.1, 0.15) is 38.5 Å². The lowest BCUT2D eigenvalue weighted by Gasteiger charge is -2.39. The van der Waals surface area contributed by atoms with Gasteiger partial charge in [0.25, 0.3) is 0 Å². The van der Waals surface area contributed by atoms with Crippen molar-refractivity contribution in [2.45, 2.75) is 38.5 Å². The molecule has 2 heterocycles. The number of hydrogen-bond acceptors (Lipinski definition) is 2. The molecule has 1 spiro atoms. The summed E-state index contributed by atoms with van der Waals surface area (Å²) in [5, 5.41) is 0. The molecule has 0 aromatic heterocycles. The van der Waals surface area contributed by atoms with Crippen LogP contribution in [0.3, 0.4) is 0 Å². The molecule has 1 aliphatic carbocycles. The molecule has 1 atom stereocenters. The van der Waals surface area contributed by atoms with E-state index in [1.54, 1.807) is 6.08 Å². The minimum atomic E-state index is -0.274. The van der Waals surface area contributed by atoms with Gasteiger partial charge in [0.1, 0.15) is 0 Å². The molecule has 4 heteroatoms. The summed E-state index contributed by atoms with van der Waals surface area (Å²) in [7, 11) is 0. The Morgan fingerprint density at radius 3 is 2.85 bits per heavy atom. The summed E-state index contributed by atoms with van der Waals surface area (Å²) in [5.41, 5.74) is -0.274. The second-order valence-electron chi connectivity index (χ2n) is 6.64. The van der Waals surface area contributed by atoms with Gasteiger partial charge in [0.05, 0.1) is 5.41 Å². The van der Waals surface area contributed by atoms with Crippen molar-refractivity contribution in [2.75, 3.05) is 26.2 Å². The number of carbonyl (C=O) groups is 2. The first kappa shape index (κ1) is 13.7. The molecule has 3 aliphatic rings. The highest BCUT2D eigenvalue weighted by molar-refractivity contribution is 5.86. The first-order valence-electron chi connectivity index (χ1n) is 7.83. The predicted molar refractivity (Wildman–Crippen MR) is 77.0 cm³/mol. The Balaban J connectivity index is 1.66. The molecule has 4 nitrogen and oxygen atoms in total. The van der Waals surface area contributed by atoms with Crippen LogP contribution >= 0.6 is 0 Å². The number of nitrogens with zero attached hydrogens (tertiary/aromatic N) is 2. The van der Waals surface area contributed by atoms with Crippen LogP contribution < -0.4 is 0 Å². The van der Waals surface area contributed by atoms with Crippen molar-refractivity contribution in [1.29, 1.82) is 0 Å². The standard InChI is InChI=1S/C16H24N2O2/c1-2-4-14(19)18-10-8-16(12-18)7-3-9-17(15(16)20)11-13-5-6-13/h2,13H,1,3-12H2. The molecule has 2 saturated heterocycles. The number of likely N-dealkylation sites (tertiary alicyclic amines) is 2. The summed E-state index contributed by atoms with van der Waals surface area (Å²) >= 11 is 0. The van der Waals surface area contributed by atoms with Gasteiger partial charge in [0.15, 0.2) is 0 Å². The lowest BCUT2D eigenvalue weighted by molar-refractivity contribution is -0.146. The predicted octanol–water partition coefficient (Wildman–Crippen LogP) is 1.81. The summed E-state index contributed by atoms with van der Waals surface area (Å²) in [6, 6.07) is 0. The fraction of sp³-hybridized carbons (Fsp3) is 0.750. The number of amides is 2. The monoisotopic (exact) mass is 276 g/mol. The zero-order chi connectivity index (χ0) is 14.2. The molecule has 1 unspecified atom stereocenters. The van der Waals surface area contributed by atoms with Crippen LogP contribution in [0.4, 0.5) is 0 Å². The minimum absolute atomic E-state index is 0.115. The third kappa shape index (κ3) is 2.48. The van der Waals surface area contributed by atoms with E-state index in [2.05, 4.69) is 11.5 Å². The van der Waals surface area contributed by atoms with Crippen LogP contribution in [0.15, 0.2) is 12.7 Å². The van der Waals surface area contributed by atoms with E-state index in [0.29, 0.717) is 18.9 Å². The summed E-state index contributed by atoms with van der Waals surface area (Å²) in [6.45, 7) is 6.84. The summed E-state index contributed by atoms with van der Waals surface area (Å²) < 4.78 is 0. The average Bonchev–Trinajstić information content (AvgIpc) is 3.14. The summed E-state index contributed by atoms with van der Waals surface area (Å²) in [4.78, 5) is 28.7. The van der Waals surface area contributed by atoms with Gasteiger partial charge in [0, 0.05) is 32.6 Å². The highest BCUT2D eigenvalue weighted by Crippen LogP contribution is 2.41. The third-order valence-corrected chi connectivity index (χ3v) is 5.03. The largest absolute Gasteiger partial charge is 0.342 e. The van der Waals surface area contributed by atoms with Crippen LogP contribution in [0.5, 0.6) is 0 Å². The van der Waals surface area contributed by atoms with E-state index >= 15 is 0 Å². The lowest BCUT2D eigenvalue weighted by Crippen LogP contribution is -2.50. The van der Waals surface area contributed by atoms with Gasteiger partial charge >= 0.3 is 0 Å². The van der Waals surface area contributed by atoms with Crippen LogP contribution in [-0.4, -0.2) is 47.8 Å². The molecule has 0 aromatic rings. The van der Waals surface area contributed by atoms with Crippen LogP contribution in [0.2, 0.25) is 0 Å². The number of rotatable bonds is 4. The minimum Gasteiger partial charge on any atom is -0.342 e. The molecule has 0 radical (unpaired) electrons. The summed E-state index contributed by atoms with van der Waals surface area (Å²) in [5.74, 6) is 1.17. The molecule has 0 aromatic carbocycles. The number of piperidine rings is 1. The van der Waals surface area contributed by atoms with Gasteiger partial charge < -0.3 is 9.80 Å². The quantitative estimate of drug-likeness (QED) is 0.735. The van der Waals surface area contributed by atoms with Crippen LogP contribution in [0, 0.1) is 11.3 Å². The normalized spacial score (nSPS) is 30.1. The molecule has 1 saturated carbocycles. The van der Waals surface area contributed by atoms with E-state index in [4.69, 9.17) is 0 Å². The second-order valence-corrected chi connectivity index (χ2v) is 6.64. The number of carbonyl (C=O) groups excluding carboxylic acids is 2. The van der Waals surface area contributed by atoms with E-state index < -0.39 is 0 Å². The first-order chi connectivity index (χ1) is 9.64. The van der Waals surface area contributed by atoms with Crippen molar-refractivity contribution in [1.82, 2.24) is 9.80 Å². The Labute approximate surface area is 120 Å². The topological polar surface area (TPSA) is 40.6 Å². The van der Waals surface area contributed by atoms with Gasteiger partial charge in [-0.25, -0.2) is 0 Å². The van der Waals surface area contributed by atoms with Crippen LogP contribution in [0.25, 0.3) is 0 Å². The molecule has 3 fully saturated rings. The van der Waals surface area contributed by atoms with Gasteiger partial charge in [-0.1, -0.05) is 6.08 Å². The molecule has 20 heavy (non-hydrogen) atoms. The van der Waals surface area contributed by atoms with Crippen molar-refractivity contribution < 1.29 is 9.59 Å². The fourth-order valence-electron chi connectivity index (χ4n) is 3.65. The SMILES string of the molecule is C=CCC(=O)N1CCC2(CCCN(CC3CC3)C2=O)C1. The molecular formula is C16H24N2O2. The Hall–Kier alpha value is -1.32. The first-order valence-corrected chi connectivity index (χ1v) is 7.83. The Bertz CT molecular complexity index is 430. The third-order valence-electron chi connectivity index (χ3n) is 5.03. The molecule has 3 rings (SSSR count). The van der Waals surface area contributed by atoms with Crippen molar-refractivity contribution in [2.24, 2.45) is 11.3 Å². The van der Waals surface area contributed by atoms with E-state index in [9.17, 15) is 9.59 Å². The molecule has 0 bridgehead atoms. The Morgan fingerprint density at radius 1 is 1.35 bits per heavy atom. The van der Waals surface area contributed by atoms with E-state index in [1.165, 1.54) is 12.8 Å². The molecular weight excluding hydrogens is 252 g/mol. The van der Waals surface area contributed by atoms with Gasteiger partial charge in [-0.05, 0) is 38.0 Å². The maximum absolute atomic E-state index is 12.8. The van der Waals surface area contributed by atoms with Gasteiger partial charge in [-0.2, -0.15) is 0 Å². The van der Waals surface area contributed by atoms with Crippen molar-refractivity contribution in [3.05, 3.63) is 12.7 Å². The van der Waals surface area contributed by atoms with E-state index in [0.717, 1.165) is 44.8 Å². The van der Waals surface area contributed by atoms with Crippen molar-refractivity contribution in [3.63, 3.8) is 0 Å². The highest BCUT2D eigenvalue weighted by atomic mass is 16.2. The molecule has 2 aliphatic heterocycles. The van der Waals surface area contributed by atoms with Gasteiger partial charge in [-0.3, -0.25) is 9.59 Å². The zero-order valence-electron chi connectivity index (χ0n) is 12.1. The molecule has 2 amide bonds. The zero-order valence-corrected chi connectivity index (χ0v) is 12.1. The lowest BCUT2D eigenvalue weighted by atomic mass is 9.78. The average molecular weight is 276 g/mol. The Morgan fingerprint density at radius 2 is 2.15 bits per heavy atom. The maximum atomic E-state index is 12.8. The van der Waals surface area contributed by atoms with Crippen molar-refractivity contribution in [3.8, 4) is 0 Å². The summed E-state index contributed by atoms with van der Waals surface area (Å²) in [6.07, 6.45) is 7.47. The maximum Gasteiger partial charge on any atom is 0.230 e. The number of hydrogen-bond donors (Lipinski definition) is 0. The molecule has 110 valence electrons.